The van der Waals surface area contributed by atoms with E-state index in [0.29, 0.717) is 0 Å². The highest BCUT2D eigenvalue weighted by Gasteiger charge is 1.93. The minimum atomic E-state index is 0.721. The maximum absolute atomic E-state index is 5.50. The van der Waals surface area contributed by atoms with Gasteiger partial charge in [-0.05, 0) is 38.4 Å². The molecule has 0 spiro atoms. The van der Waals surface area contributed by atoms with E-state index in [0.717, 1.165) is 23.8 Å². The van der Waals surface area contributed by atoms with E-state index in [1.54, 1.807) is 0 Å². The molecule has 3 heteroatoms. The molecule has 1 rings (SSSR count). The van der Waals surface area contributed by atoms with Gasteiger partial charge in [0.25, 0.3) is 0 Å². The van der Waals surface area contributed by atoms with Crippen LogP contribution in [-0.2, 0) is 0 Å². The van der Waals surface area contributed by atoms with E-state index in [1.165, 1.54) is 0 Å². The van der Waals surface area contributed by atoms with Crippen molar-refractivity contribution in [1.29, 1.82) is 0 Å². The smallest absolute Gasteiger partial charge is 0.119 e. The standard InChI is InChI=1S/C10H15NOS/c1-11(2)7-8-12-9-3-5-10(13)6-4-9/h3-6,13H,7-8H2,1-2H3. The van der Waals surface area contributed by atoms with Gasteiger partial charge < -0.3 is 9.64 Å². The van der Waals surface area contributed by atoms with Crippen LogP contribution >= 0.6 is 12.6 Å². The van der Waals surface area contributed by atoms with Gasteiger partial charge in [-0.2, -0.15) is 0 Å². The van der Waals surface area contributed by atoms with Crippen molar-refractivity contribution in [3.8, 4) is 5.75 Å². The SMILES string of the molecule is CN(C)CCOc1ccc(S)cc1. The van der Waals surface area contributed by atoms with Gasteiger partial charge in [0.2, 0.25) is 0 Å². The summed E-state index contributed by atoms with van der Waals surface area (Å²) in [6.07, 6.45) is 0. The topological polar surface area (TPSA) is 12.5 Å². The summed E-state index contributed by atoms with van der Waals surface area (Å²) in [5.41, 5.74) is 0. The zero-order chi connectivity index (χ0) is 9.68. The van der Waals surface area contributed by atoms with Gasteiger partial charge in [0.05, 0.1) is 0 Å². The second-order valence-electron chi connectivity index (χ2n) is 3.15. The van der Waals surface area contributed by atoms with E-state index in [-0.39, 0.29) is 0 Å². The maximum Gasteiger partial charge on any atom is 0.119 e. The Morgan fingerprint density at radius 2 is 1.85 bits per heavy atom. The Labute approximate surface area is 84.9 Å². The van der Waals surface area contributed by atoms with Gasteiger partial charge in [0.1, 0.15) is 12.4 Å². The largest absolute Gasteiger partial charge is 0.492 e. The summed E-state index contributed by atoms with van der Waals surface area (Å²) in [7, 11) is 4.06. The molecule has 2 nitrogen and oxygen atoms in total. The third kappa shape index (κ3) is 4.20. The lowest BCUT2D eigenvalue weighted by Gasteiger charge is -2.10. The van der Waals surface area contributed by atoms with E-state index >= 15 is 0 Å². The minimum Gasteiger partial charge on any atom is -0.492 e. The van der Waals surface area contributed by atoms with E-state index < -0.39 is 0 Å². The number of hydrogen-bond donors (Lipinski definition) is 1. The number of nitrogens with zero attached hydrogens (tertiary/aromatic N) is 1. The predicted octanol–water partition coefficient (Wildman–Crippen LogP) is 1.92. The van der Waals surface area contributed by atoms with Gasteiger partial charge in [-0.15, -0.1) is 12.6 Å². The number of hydrogen-bond acceptors (Lipinski definition) is 3. The number of likely N-dealkylation sites (N-methyl/N-ethyl adjacent to an activating group) is 1. The van der Waals surface area contributed by atoms with Gasteiger partial charge in [-0.25, -0.2) is 0 Å². The van der Waals surface area contributed by atoms with Crippen LogP contribution in [0.1, 0.15) is 0 Å². The monoisotopic (exact) mass is 197 g/mol. The molecule has 0 aromatic heterocycles. The number of thiol groups is 1. The Balaban J connectivity index is 2.33. The molecule has 0 aliphatic rings. The summed E-state index contributed by atoms with van der Waals surface area (Å²) < 4.78 is 5.50. The Morgan fingerprint density at radius 3 is 2.38 bits per heavy atom. The molecule has 0 unspecified atom stereocenters. The molecular weight excluding hydrogens is 182 g/mol. The first-order valence-corrected chi connectivity index (χ1v) is 4.70. The van der Waals surface area contributed by atoms with Crippen LogP contribution in [0.25, 0.3) is 0 Å². The molecule has 0 saturated carbocycles. The van der Waals surface area contributed by atoms with Gasteiger partial charge in [0.15, 0.2) is 0 Å². The van der Waals surface area contributed by atoms with Crippen LogP contribution < -0.4 is 4.74 Å². The lowest BCUT2D eigenvalue weighted by molar-refractivity contribution is 0.261. The molecule has 0 bridgehead atoms. The zero-order valence-electron chi connectivity index (χ0n) is 8.03. The van der Waals surface area contributed by atoms with E-state index in [1.807, 2.05) is 38.4 Å². The highest BCUT2D eigenvalue weighted by atomic mass is 32.1. The van der Waals surface area contributed by atoms with Crippen LogP contribution in [0, 0.1) is 0 Å². The third-order valence-corrected chi connectivity index (χ3v) is 1.94. The van der Waals surface area contributed by atoms with Crippen molar-refractivity contribution in [2.75, 3.05) is 27.2 Å². The van der Waals surface area contributed by atoms with Crippen molar-refractivity contribution in [2.45, 2.75) is 4.90 Å². The molecule has 1 aromatic rings. The second-order valence-corrected chi connectivity index (χ2v) is 3.66. The molecule has 0 aliphatic heterocycles. The Bertz CT molecular complexity index is 246. The second kappa shape index (κ2) is 5.14. The van der Waals surface area contributed by atoms with Crippen molar-refractivity contribution in [3.05, 3.63) is 24.3 Å². The predicted molar refractivity (Wildman–Crippen MR) is 57.7 cm³/mol. The molecule has 0 radical (unpaired) electrons. The average molecular weight is 197 g/mol. The van der Waals surface area contributed by atoms with Crippen molar-refractivity contribution >= 4 is 12.6 Å². The zero-order valence-corrected chi connectivity index (χ0v) is 8.92. The fraction of sp³-hybridized carbons (Fsp3) is 0.400. The Kier molecular flexibility index (Phi) is 4.12. The van der Waals surface area contributed by atoms with Crippen LogP contribution in [0.4, 0.5) is 0 Å². The molecule has 0 aliphatic carbocycles. The van der Waals surface area contributed by atoms with Crippen molar-refractivity contribution in [1.82, 2.24) is 4.90 Å². The van der Waals surface area contributed by atoms with Gasteiger partial charge in [-0.3, -0.25) is 0 Å². The van der Waals surface area contributed by atoms with Crippen molar-refractivity contribution in [2.24, 2.45) is 0 Å². The summed E-state index contributed by atoms with van der Waals surface area (Å²) >= 11 is 4.19. The summed E-state index contributed by atoms with van der Waals surface area (Å²) in [6.45, 7) is 1.65. The van der Waals surface area contributed by atoms with Crippen LogP contribution in [0.5, 0.6) is 5.75 Å². The molecule has 13 heavy (non-hydrogen) atoms. The normalized spacial score (nSPS) is 10.5. The van der Waals surface area contributed by atoms with Crippen LogP contribution in [-0.4, -0.2) is 32.1 Å². The first kappa shape index (κ1) is 10.4. The first-order chi connectivity index (χ1) is 6.18. The third-order valence-electron chi connectivity index (χ3n) is 1.64. The fourth-order valence-corrected chi connectivity index (χ4v) is 1.04. The van der Waals surface area contributed by atoms with Crippen molar-refractivity contribution < 1.29 is 4.74 Å². The van der Waals surface area contributed by atoms with Crippen molar-refractivity contribution in [3.63, 3.8) is 0 Å². The minimum absolute atomic E-state index is 0.721. The molecule has 1 aromatic carbocycles. The number of rotatable bonds is 4. The van der Waals surface area contributed by atoms with Gasteiger partial charge in [-0.1, -0.05) is 0 Å². The lowest BCUT2D eigenvalue weighted by atomic mass is 10.3. The van der Waals surface area contributed by atoms with Gasteiger partial charge in [0, 0.05) is 11.4 Å². The highest BCUT2D eigenvalue weighted by molar-refractivity contribution is 7.80. The average Bonchev–Trinajstić information content (AvgIpc) is 2.08. The molecule has 0 saturated heterocycles. The number of ether oxygens (including phenoxy) is 1. The molecule has 0 amide bonds. The molecular formula is C10H15NOS. The van der Waals surface area contributed by atoms with E-state index in [2.05, 4.69) is 17.5 Å². The molecule has 0 heterocycles. The molecule has 0 fully saturated rings. The van der Waals surface area contributed by atoms with Crippen LogP contribution in [0.3, 0.4) is 0 Å². The fourth-order valence-electron chi connectivity index (χ4n) is 0.888. The van der Waals surface area contributed by atoms with Crippen LogP contribution in [0.2, 0.25) is 0 Å². The molecule has 0 atom stereocenters. The van der Waals surface area contributed by atoms with Gasteiger partial charge >= 0.3 is 0 Å². The Morgan fingerprint density at radius 1 is 1.23 bits per heavy atom. The summed E-state index contributed by atoms with van der Waals surface area (Å²) in [4.78, 5) is 3.05. The lowest BCUT2D eigenvalue weighted by Crippen LogP contribution is -2.19. The Hall–Kier alpha value is -0.670. The summed E-state index contributed by atoms with van der Waals surface area (Å²) in [6, 6.07) is 7.71. The maximum atomic E-state index is 5.50. The molecule has 0 N–H and O–H groups in total. The quantitative estimate of drug-likeness (QED) is 0.740. The molecule has 72 valence electrons. The first-order valence-electron chi connectivity index (χ1n) is 4.25. The van der Waals surface area contributed by atoms with E-state index in [4.69, 9.17) is 4.74 Å². The summed E-state index contributed by atoms with van der Waals surface area (Å²) in [5.74, 6) is 0.902. The van der Waals surface area contributed by atoms with Crippen LogP contribution in [0.15, 0.2) is 29.2 Å². The van der Waals surface area contributed by atoms with E-state index in [9.17, 15) is 0 Å². The highest BCUT2D eigenvalue weighted by Crippen LogP contribution is 2.13. The number of benzene rings is 1. The summed E-state index contributed by atoms with van der Waals surface area (Å²) in [5, 5.41) is 0.